The Morgan fingerprint density at radius 3 is 2.45 bits per heavy atom. The van der Waals surface area contributed by atoms with E-state index in [0.29, 0.717) is 0 Å². The van der Waals surface area contributed by atoms with E-state index in [0.717, 1.165) is 11.3 Å². The number of fused-ring (bicyclic) bond motifs is 3. The molecule has 0 bridgehead atoms. The van der Waals surface area contributed by atoms with Crippen molar-refractivity contribution in [3.05, 3.63) is 102 Å². The van der Waals surface area contributed by atoms with E-state index in [1.807, 2.05) is 18.3 Å². The van der Waals surface area contributed by atoms with Gasteiger partial charge in [0.05, 0.1) is 16.7 Å². The van der Waals surface area contributed by atoms with Gasteiger partial charge in [-0.15, -0.1) is 0 Å². The van der Waals surface area contributed by atoms with Crippen LogP contribution in [0.4, 0.5) is 0 Å². The van der Waals surface area contributed by atoms with Crippen LogP contribution in [0.5, 0.6) is 0 Å². The molecule has 0 atom stereocenters. The van der Waals surface area contributed by atoms with E-state index < -0.39 is 0 Å². The number of rotatable bonds is 3. The van der Waals surface area contributed by atoms with Gasteiger partial charge in [0, 0.05) is 28.7 Å². The number of pyridine rings is 1. The molecular formula is C27H22N2. The first kappa shape index (κ1) is 17.4. The molecule has 140 valence electrons. The first-order valence-electron chi connectivity index (χ1n) is 9.91. The van der Waals surface area contributed by atoms with Crippen molar-refractivity contribution in [2.24, 2.45) is 0 Å². The monoisotopic (exact) mass is 374 g/mol. The Labute approximate surface area is 170 Å². The van der Waals surface area contributed by atoms with Crippen molar-refractivity contribution in [3.63, 3.8) is 0 Å². The third-order valence-corrected chi connectivity index (χ3v) is 5.55. The number of aromatic nitrogens is 2. The molecule has 0 aliphatic heterocycles. The molecule has 0 radical (unpaired) electrons. The van der Waals surface area contributed by atoms with Crippen LogP contribution in [0.3, 0.4) is 0 Å². The lowest BCUT2D eigenvalue weighted by atomic mass is 10.0. The van der Waals surface area contributed by atoms with Crippen LogP contribution in [0.25, 0.3) is 45.3 Å². The van der Waals surface area contributed by atoms with Gasteiger partial charge < -0.3 is 4.57 Å². The minimum Gasteiger partial charge on any atom is -0.316 e. The summed E-state index contributed by atoms with van der Waals surface area (Å²) < 4.78 is 2.31. The van der Waals surface area contributed by atoms with E-state index >= 15 is 0 Å². The predicted molar refractivity (Wildman–Crippen MR) is 124 cm³/mol. The minimum atomic E-state index is 1.01. The van der Waals surface area contributed by atoms with E-state index in [2.05, 4.69) is 102 Å². The molecule has 2 aromatic heterocycles. The zero-order chi connectivity index (χ0) is 19.8. The molecule has 5 rings (SSSR count). The molecule has 0 saturated carbocycles. The van der Waals surface area contributed by atoms with Crippen LogP contribution < -0.4 is 0 Å². The fourth-order valence-electron chi connectivity index (χ4n) is 4.08. The lowest BCUT2D eigenvalue weighted by Gasteiger charge is -2.07. The van der Waals surface area contributed by atoms with Gasteiger partial charge in [-0.25, -0.2) is 0 Å². The maximum absolute atomic E-state index is 4.53. The summed E-state index contributed by atoms with van der Waals surface area (Å²) in [5.41, 5.74) is 8.34. The van der Waals surface area contributed by atoms with Crippen molar-refractivity contribution < 1.29 is 0 Å². The molecule has 0 amide bonds. The predicted octanol–water partition coefficient (Wildman–Crippen LogP) is 7.10. The largest absolute Gasteiger partial charge is 0.316 e. The first-order valence-corrected chi connectivity index (χ1v) is 9.91. The normalized spacial score (nSPS) is 11.7. The summed E-state index contributed by atoms with van der Waals surface area (Å²) in [5.74, 6) is 0. The average Bonchev–Trinajstić information content (AvgIpc) is 3.09. The van der Waals surface area contributed by atoms with Crippen molar-refractivity contribution >= 4 is 34.1 Å². The highest BCUT2D eigenvalue weighted by molar-refractivity contribution is 6.10. The van der Waals surface area contributed by atoms with Gasteiger partial charge in [-0.1, -0.05) is 54.6 Å². The molecule has 2 heterocycles. The number of nitrogens with zero attached hydrogens (tertiary/aromatic N) is 2. The Morgan fingerprint density at radius 2 is 1.59 bits per heavy atom. The van der Waals surface area contributed by atoms with Gasteiger partial charge in [0.1, 0.15) is 0 Å². The number of aryl methyl sites for hydroxylation is 2. The van der Waals surface area contributed by atoms with E-state index in [9.17, 15) is 0 Å². The van der Waals surface area contributed by atoms with Gasteiger partial charge in [-0.2, -0.15) is 0 Å². The van der Waals surface area contributed by atoms with Crippen molar-refractivity contribution in [2.45, 2.75) is 13.8 Å². The Morgan fingerprint density at radius 1 is 0.759 bits per heavy atom. The molecular weight excluding hydrogens is 352 g/mol. The van der Waals surface area contributed by atoms with Crippen LogP contribution in [0.2, 0.25) is 0 Å². The van der Waals surface area contributed by atoms with Crippen molar-refractivity contribution in [3.8, 4) is 11.3 Å². The van der Waals surface area contributed by atoms with Gasteiger partial charge in [-0.3, -0.25) is 4.98 Å². The molecule has 0 aliphatic carbocycles. The zero-order valence-electron chi connectivity index (χ0n) is 16.6. The molecule has 29 heavy (non-hydrogen) atoms. The second-order valence-corrected chi connectivity index (χ2v) is 7.46. The Bertz CT molecular complexity index is 1360. The van der Waals surface area contributed by atoms with Gasteiger partial charge in [-0.05, 0) is 60.9 Å². The van der Waals surface area contributed by atoms with E-state index in [-0.39, 0.29) is 0 Å². The third kappa shape index (κ3) is 3.03. The summed E-state index contributed by atoms with van der Waals surface area (Å²) >= 11 is 0. The second-order valence-electron chi connectivity index (χ2n) is 7.46. The summed E-state index contributed by atoms with van der Waals surface area (Å²) in [5, 5.41) is 2.58. The highest BCUT2D eigenvalue weighted by Crippen LogP contribution is 2.31. The highest BCUT2D eigenvalue weighted by Gasteiger charge is 2.10. The molecule has 0 fully saturated rings. The first-order chi connectivity index (χ1) is 14.2. The highest BCUT2D eigenvalue weighted by atomic mass is 15.0. The summed E-state index contributed by atoms with van der Waals surface area (Å²) in [4.78, 5) is 4.53. The van der Waals surface area contributed by atoms with Gasteiger partial charge in [0.25, 0.3) is 0 Å². The maximum atomic E-state index is 4.53. The summed E-state index contributed by atoms with van der Waals surface area (Å²) in [7, 11) is 0. The number of para-hydroxylation sites is 2. The lowest BCUT2D eigenvalue weighted by molar-refractivity contribution is 1.27. The molecule has 0 spiro atoms. The van der Waals surface area contributed by atoms with Crippen molar-refractivity contribution in [2.75, 3.05) is 0 Å². The number of hydrogen-bond acceptors (Lipinski definition) is 1. The summed E-state index contributed by atoms with van der Waals surface area (Å²) in [6.45, 7) is 4.31. The lowest BCUT2D eigenvalue weighted by Crippen LogP contribution is -1.89. The standard InChI is InChI=1S/C27H22N2/c1-19-13-14-21(18-24(19)25-11-5-6-16-28-25)15-17-29-26-12-4-3-9-22(26)23-10-7-8-20(2)27(23)29/h3-18H,1-2H3/b17-15+. The zero-order valence-corrected chi connectivity index (χ0v) is 16.6. The molecule has 2 nitrogen and oxygen atoms in total. The Balaban J connectivity index is 1.65. The van der Waals surface area contributed by atoms with Crippen molar-refractivity contribution in [1.82, 2.24) is 9.55 Å². The Hall–Kier alpha value is -3.65. The molecule has 0 N–H and O–H groups in total. The van der Waals surface area contributed by atoms with E-state index in [1.54, 1.807) is 0 Å². The van der Waals surface area contributed by atoms with E-state index in [4.69, 9.17) is 0 Å². The van der Waals surface area contributed by atoms with Crippen molar-refractivity contribution in [1.29, 1.82) is 0 Å². The van der Waals surface area contributed by atoms with Crippen LogP contribution in [0.1, 0.15) is 16.7 Å². The van der Waals surface area contributed by atoms with Crippen LogP contribution >= 0.6 is 0 Å². The second kappa shape index (κ2) is 7.06. The number of benzene rings is 3. The van der Waals surface area contributed by atoms with Gasteiger partial charge >= 0.3 is 0 Å². The summed E-state index contributed by atoms with van der Waals surface area (Å²) in [6.07, 6.45) is 6.22. The molecule has 3 aromatic carbocycles. The van der Waals surface area contributed by atoms with Gasteiger partial charge in [0.2, 0.25) is 0 Å². The smallest absolute Gasteiger partial charge is 0.0704 e. The van der Waals surface area contributed by atoms with E-state index in [1.165, 1.54) is 38.5 Å². The van der Waals surface area contributed by atoms with Crippen LogP contribution in [0, 0.1) is 13.8 Å². The fraction of sp³-hybridized carbons (Fsp3) is 0.0741. The minimum absolute atomic E-state index is 1.01. The molecule has 5 aromatic rings. The quantitative estimate of drug-likeness (QED) is 0.329. The molecule has 2 heteroatoms. The van der Waals surface area contributed by atoms with Crippen LogP contribution in [0.15, 0.2) is 85.1 Å². The van der Waals surface area contributed by atoms with Crippen LogP contribution in [-0.4, -0.2) is 9.55 Å². The van der Waals surface area contributed by atoms with Gasteiger partial charge in [0.15, 0.2) is 0 Å². The fourth-order valence-corrected chi connectivity index (χ4v) is 4.08. The third-order valence-electron chi connectivity index (χ3n) is 5.55. The SMILES string of the molecule is Cc1ccc(/C=C/n2c3ccccc3c3cccc(C)c32)cc1-c1ccccn1. The molecule has 0 unspecified atom stereocenters. The molecule has 0 aliphatic rings. The van der Waals surface area contributed by atoms with Crippen LogP contribution in [-0.2, 0) is 0 Å². The maximum Gasteiger partial charge on any atom is 0.0704 e. The number of hydrogen-bond donors (Lipinski definition) is 0. The summed E-state index contributed by atoms with van der Waals surface area (Å²) in [6, 6.07) is 27.7. The topological polar surface area (TPSA) is 17.8 Å². The molecule has 0 saturated heterocycles. The Kier molecular flexibility index (Phi) is 4.25. The average molecular weight is 374 g/mol.